The second-order valence-electron chi connectivity index (χ2n) is 4.82. The topological polar surface area (TPSA) is 82.2 Å². The summed E-state index contributed by atoms with van der Waals surface area (Å²) in [5.41, 5.74) is 7.08. The third kappa shape index (κ3) is 5.31. The van der Waals surface area contributed by atoms with Crippen molar-refractivity contribution >= 4 is 41.8 Å². The first-order valence-electron chi connectivity index (χ1n) is 6.66. The number of aromatic nitrogens is 2. The standard InChI is InChI=1S/C14H19FN4O2.2ClH/c1-19-12-7-9(15)3-4-11(12)18-13(19)5-6-17-14(20)10(16)8-21-2;;/h3-4,7,10H,5-6,8,16H2,1-2H3,(H,17,20);2*1H. The van der Waals surface area contributed by atoms with Crippen molar-refractivity contribution in [2.24, 2.45) is 12.8 Å². The van der Waals surface area contributed by atoms with E-state index >= 15 is 0 Å². The van der Waals surface area contributed by atoms with Crippen molar-refractivity contribution in [3.63, 3.8) is 0 Å². The van der Waals surface area contributed by atoms with Gasteiger partial charge in [-0.1, -0.05) is 0 Å². The average molecular weight is 367 g/mol. The van der Waals surface area contributed by atoms with Crippen LogP contribution in [-0.4, -0.2) is 41.8 Å². The van der Waals surface area contributed by atoms with Crippen LogP contribution in [0.25, 0.3) is 11.0 Å². The highest BCUT2D eigenvalue weighted by molar-refractivity contribution is 5.85. The molecule has 0 aliphatic rings. The zero-order chi connectivity index (χ0) is 15.4. The Morgan fingerprint density at radius 1 is 1.48 bits per heavy atom. The molecule has 1 aromatic carbocycles. The maximum Gasteiger partial charge on any atom is 0.239 e. The molecule has 0 saturated heterocycles. The summed E-state index contributed by atoms with van der Waals surface area (Å²) in [7, 11) is 3.31. The van der Waals surface area contributed by atoms with Crippen LogP contribution >= 0.6 is 24.8 Å². The van der Waals surface area contributed by atoms with E-state index in [0.717, 1.165) is 16.9 Å². The average Bonchev–Trinajstić information content (AvgIpc) is 2.76. The van der Waals surface area contributed by atoms with Crippen molar-refractivity contribution < 1.29 is 13.9 Å². The Bertz CT molecular complexity index is 651. The molecule has 1 amide bonds. The lowest BCUT2D eigenvalue weighted by Gasteiger charge is -2.11. The summed E-state index contributed by atoms with van der Waals surface area (Å²) in [5, 5.41) is 2.73. The van der Waals surface area contributed by atoms with E-state index in [-0.39, 0.29) is 43.1 Å². The third-order valence-electron chi connectivity index (χ3n) is 3.27. The van der Waals surface area contributed by atoms with Crippen molar-refractivity contribution in [1.29, 1.82) is 0 Å². The molecule has 130 valence electrons. The number of carbonyl (C=O) groups excluding carboxylic acids is 1. The molecule has 9 heteroatoms. The Morgan fingerprint density at radius 2 is 2.17 bits per heavy atom. The van der Waals surface area contributed by atoms with E-state index in [1.165, 1.54) is 19.2 Å². The van der Waals surface area contributed by atoms with Crippen LogP contribution in [0.5, 0.6) is 0 Å². The number of benzene rings is 1. The van der Waals surface area contributed by atoms with Gasteiger partial charge in [-0.2, -0.15) is 0 Å². The van der Waals surface area contributed by atoms with Crippen molar-refractivity contribution in [2.45, 2.75) is 12.5 Å². The van der Waals surface area contributed by atoms with Crippen LogP contribution in [0.15, 0.2) is 18.2 Å². The van der Waals surface area contributed by atoms with Gasteiger partial charge in [0, 0.05) is 27.1 Å². The summed E-state index contributed by atoms with van der Waals surface area (Å²) in [6, 6.07) is 3.79. The van der Waals surface area contributed by atoms with Crippen LogP contribution in [0.4, 0.5) is 4.39 Å². The number of nitrogens with one attached hydrogen (secondary N) is 1. The first-order valence-corrected chi connectivity index (χ1v) is 6.66. The molecule has 0 aliphatic heterocycles. The summed E-state index contributed by atoms with van der Waals surface area (Å²) >= 11 is 0. The van der Waals surface area contributed by atoms with E-state index in [4.69, 9.17) is 10.5 Å². The van der Waals surface area contributed by atoms with Crippen LogP contribution in [0, 0.1) is 5.82 Å². The minimum absolute atomic E-state index is 0. The van der Waals surface area contributed by atoms with Gasteiger partial charge in [-0.05, 0) is 18.2 Å². The third-order valence-corrected chi connectivity index (χ3v) is 3.27. The number of ether oxygens (including phenoxy) is 1. The number of imidazole rings is 1. The van der Waals surface area contributed by atoms with Gasteiger partial charge in [0.25, 0.3) is 0 Å². The van der Waals surface area contributed by atoms with Gasteiger partial charge in [0.15, 0.2) is 0 Å². The van der Waals surface area contributed by atoms with Crippen LogP contribution in [0.2, 0.25) is 0 Å². The number of nitrogens with zero attached hydrogens (tertiary/aromatic N) is 2. The Labute approximate surface area is 146 Å². The fraction of sp³-hybridized carbons (Fsp3) is 0.429. The molecule has 1 atom stereocenters. The summed E-state index contributed by atoms with van der Waals surface area (Å²) in [6.45, 7) is 0.591. The van der Waals surface area contributed by atoms with Gasteiger partial charge in [-0.15, -0.1) is 24.8 Å². The van der Waals surface area contributed by atoms with Gasteiger partial charge in [0.2, 0.25) is 5.91 Å². The number of amides is 1. The Hall–Kier alpha value is -1.41. The minimum atomic E-state index is -0.676. The second-order valence-corrected chi connectivity index (χ2v) is 4.82. The SMILES string of the molecule is COCC(N)C(=O)NCCc1nc2ccc(F)cc2n1C.Cl.Cl. The lowest BCUT2D eigenvalue weighted by molar-refractivity contribution is -0.123. The van der Waals surface area contributed by atoms with Gasteiger partial charge in [-0.25, -0.2) is 9.37 Å². The van der Waals surface area contributed by atoms with E-state index < -0.39 is 6.04 Å². The van der Waals surface area contributed by atoms with Crippen LogP contribution < -0.4 is 11.1 Å². The number of carbonyl (C=O) groups is 1. The summed E-state index contributed by atoms with van der Waals surface area (Å²) in [4.78, 5) is 16.1. The molecule has 1 heterocycles. The molecule has 2 aromatic rings. The second kappa shape index (κ2) is 9.67. The highest BCUT2D eigenvalue weighted by atomic mass is 35.5. The number of aryl methyl sites for hydroxylation is 1. The lowest BCUT2D eigenvalue weighted by atomic mass is 10.3. The van der Waals surface area contributed by atoms with E-state index in [9.17, 15) is 9.18 Å². The molecular formula is C14H21Cl2FN4O2. The van der Waals surface area contributed by atoms with Crippen LogP contribution in [-0.2, 0) is 23.0 Å². The zero-order valence-corrected chi connectivity index (χ0v) is 14.5. The highest BCUT2D eigenvalue weighted by Gasteiger charge is 2.13. The summed E-state index contributed by atoms with van der Waals surface area (Å²) < 4.78 is 19.9. The number of halogens is 3. The van der Waals surface area contributed by atoms with E-state index in [1.54, 1.807) is 6.07 Å². The van der Waals surface area contributed by atoms with Gasteiger partial charge in [-0.3, -0.25) is 4.79 Å². The fourth-order valence-electron chi connectivity index (χ4n) is 2.12. The minimum Gasteiger partial charge on any atom is -0.383 e. The number of hydrogen-bond acceptors (Lipinski definition) is 4. The Balaban J connectivity index is 0.00000242. The normalized spacial score (nSPS) is 11.5. The Morgan fingerprint density at radius 3 is 2.83 bits per heavy atom. The molecule has 1 aromatic heterocycles. The van der Waals surface area contributed by atoms with Gasteiger partial charge < -0.3 is 20.4 Å². The maximum atomic E-state index is 13.2. The number of nitrogens with two attached hydrogens (primary N) is 1. The van der Waals surface area contributed by atoms with Crippen LogP contribution in [0.3, 0.4) is 0 Å². The van der Waals surface area contributed by atoms with Gasteiger partial charge in [0.05, 0.1) is 17.6 Å². The first-order chi connectivity index (χ1) is 10.0. The number of hydrogen-bond donors (Lipinski definition) is 2. The van der Waals surface area contributed by atoms with Crippen molar-refractivity contribution in [2.75, 3.05) is 20.3 Å². The predicted octanol–water partition coefficient (Wildman–Crippen LogP) is 1.19. The quantitative estimate of drug-likeness (QED) is 0.804. The molecule has 0 fully saturated rings. The number of methoxy groups -OCH3 is 1. The first kappa shape index (κ1) is 21.6. The van der Waals surface area contributed by atoms with Crippen molar-refractivity contribution in [3.8, 4) is 0 Å². The zero-order valence-electron chi connectivity index (χ0n) is 12.9. The molecular weight excluding hydrogens is 346 g/mol. The monoisotopic (exact) mass is 366 g/mol. The Kier molecular flexibility index (Phi) is 9.07. The van der Waals surface area contributed by atoms with Crippen LogP contribution in [0.1, 0.15) is 5.82 Å². The molecule has 0 saturated carbocycles. The van der Waals surface area contributed by atoms with Gasteiger partial charge >= 0.3 is 0 Å². The fourth-order valence-corrected chi connectivity index (χ4v) is 2.12. The van der Waals surface area contributed by atoms with E-state index in [2.05, 4.69) is 10.3 Å². The predicted molar refractivity (Wildman–Crippen MR) is 91.7 cm³/mol. The summed E-state index contributed by atoms with van der Waals surface area (Å²) in [6.07, 6.45) is 0.540. The molecule has 2 rings (SSSR count). The molecule has 0 spiro atoms. The lowest BCUT2D eigenvalue weighted by Crippen LogP contribution is -2.44. The van der Waals surface area contributed by atoms with Crippen molar-refractivity contribution in [3.05, 3.63) is 29.8 Å². The summed E-state index contributed by atoms with van der Waals surface area (Å²) in [5.74, 6) is 0.216. The molecule has 0 radical (unpaired) electrons. The highest BCUT2D eigenvalue weighted by Crippen LogP contribution is 2.16. The van der Waals surface area contributed by atoms with E-state index in [0.29, 0.717) is 13.0 Å². The molecule has 23 heavy (non-hydrogen) atoms. The molecule has 0 bridgehead atoms. The molecule has 3 N–H and O–H groups in total. The smallest absolute Gasteiger partial charge is 0.239 e. The number of rotatable bonds is 6. The maximum absolute atomic E-state index is 13.2. The molecule has 1 unspecified atom stereocenters. The van der Waals surface area contributed by atoms with E-state index in [1.807, 2.05) is 11.6 Å². The van der Waals surface area contributed by atoms with Crippen molar-refractivity contribution in [1.82, 2.24) is 14.9 Å². The van der Waals surface area contributed by atoms with Gasteiger partial charge in [0.1, 0.15) is 17.7 Å². The molecule has 0 aliphatic carbocycles. The molecule has 6 nitrogen and oxygen atoms in total. The number of fused-ring (bicyclic) bond motifs is 1. The largest absolute Gasteiger partial charge is 0.383 e.